The van der Waals surface area contributed by atoms with E-state index in [0.29, 0.717) is 0 Å². The number of anilines is 1. The quantitative estimate of drug-likeness (QED) is 0.716. The molecular weight excluding hydrogens is 210 g/mol. The normalized spacial score (nSPS) is 10.6. The summed E-state index contributed by atoms with van der Waals surface area (Å²) in [5, 5.41) is 4.45. The molecule has 17 heavy (non-hydrogen) atoms. The Hall–Kier alpha value is -2.29. The number of rotatable bonds is 3. The highest BCUT2D eigenvalue weighted by Gasteiger charge is 1.98. The third-order valence-corrected chi connectivity index (χ3v) is 2.73. The highest BCUT2D eigenvalue weighted by atomic mass is 15.0. The number of nitrogens with zero attached hydrogens (tertiary/aromatic N) is 1. The number of H-pyrrole nitrogens is 1. The molecule has 0 saturated heterocycles. The van der Waals surface area contributed by atoms with Crippen LogP contribution in [0.2, 0.25) is 0 Å². The largest absolute Gasteiger partial charge is 0.366 e. The minimum atomic E-state index is 0.792. The van der Waals surface area contributed by atoms with Crippen LogP contribution in [0.1, 0.15) is 5.56 Å². The van der Waals surface area contributed by atoms with Crippen molar-refractivity contribution in [3.63, 3.8) is 0 Å². The fourth-order valence-electron chi connectivity index (χ4n) is 1.82. The van der Waals surface area contributed by atoms with Gasteiger partial charge in [-0.1, -0.05) is 30.3 Å². The van der Waals surface area contributed by atoms with Gasteiger partial charge in [-0.05, 0) is 23.8 Å². The molecule has 0 spiro atoms. The summed E-state index contributed by atoms with van der Waals surface area (Å²) in [5.41, 5.74) is 2.17. The van der Waals surface area contributed by atoms with Gasteiger partial charge < -0.3 is 10.3 Å². The summed E-state index contributed by atoms with van der Waals surface area (Å²) in [5.74, 6) is 0.892. The molecular formula is C14H13N3. The molecule has 3 heteroatoms. The maximum absolute atomic E-state index is 4.48. The maximum Gasteiger partial charge on any atom is 0.139 e. The van der Waals surface area contributed by atoms with E-state index in [0.717, 1.165) is 23.4 Å². The van der Waals surface area contributed by atoms with E-state index >= 15 is 0 Å². The van der Waals surface area contributed by atoms with Crippen LogP contribution < -0.4 is 5.32 Å². The molecule has 0 bridgehead atoms. The van der Waals surface area contributed by atoms with Gasteiger partial charge in [-0.3, -0.25) is 0 Å². The molecule has 0 aliphatic heterocycles. The third kappa shape index (κ3) is 2.13. The van der Waals surface area contributed by atoms with E-state index in [1.807, 2.05) is 36.5 Å². The third-order valence-electron chi connectivity index (χ3n) is 2.73. The second-order valence-electron chi connectivity index (χ2n) is 3.95. The van der Waals surface area contributed by atoms with E-state index in [9.17, 15) is 0 Å². The Morgan fingerprint density at radius 3 is 2.76 bits per heavy atom. The van der Waals surface area contributed by atoms with Gasteiger partial charge >= 0.3 is 0 Å². The Morgan fingerprint density at radius 2 is 1.88 bits per heavy atom. The number of hydrogen-bond acceptors (Lipinski definition) is 2. The molecule has 0 unspecified atom stereocenters. The van der Waals surface area contributed by atoms with Crippen LogP contribution in [0.5, 0.6) is 0 Å². The highest BCUT2D eigenvalue weighted by Crippen LogP contribution is 2.13. The number of nitrogens with one attached hydrogen (secondary N) is 2. The van der Waals surface area contributed by atoms with Gasteiger partial charge in [-0.25, -0.2) is 4.98 Å². The minimum Gasteiger partial charge on any atom is -0.366 e. The van der Waals surface area contributed by atoms with E-state index in [1.54, 1.807) is 0 Å². The van der Waals surface area contributed by atoms with Crippen LogP contribution >= 0.6 is 0 Å². The molecule has 0 amide bonds. The lowest BCUT2D eigenvalue weighted by molar-refractivity contribution is 1.12. The topological polar surface area (TPSA) is 40.7 Å². The molecule has 2 N–H and O–H groups in total. The van der Waals surface area contributed by atoms with Gasteiger partial charge in [0, 0.05) is 18.1 Å². The van der Waals surface area contributed by atoms with E-state index in [1.165, 1.54) is 5.56 Å². The standard InChI is InChI=1S/C14H13N3/c1-2-4-11(5-3-1)10-16-13-7-6-12-8-9-15-14(12)17-13/h1-9H,10H2,(H2,15,16,17). The van der Waals surface area contributed by atoms with Gasteiger partial charge in [0.2, 0.25) is 0 Å². The lowest BCUT2D eigenvalue weighted by Crippen LogP contribution is -2.00. The van der Waals surface area contributed by atoms with E-state index < -0.39 is 0 Å². The van der Waals surface area contributed by atoms with Crippen LogP contribution in [0, 0.1) is 0 Å². The van der Waals surface area contributed by atoms with E-state index in [-0.39, 0.29) is 0 Å². The Kier molecular flexibility index (Phi) is 2.50. The lowest BCUT2D eigenvalue weighted by atomic mass is 10.2. The molecule has 3 rings (SSSR count). The molecule has 3 nitrogen and oxygen atoms in total. The predicted octanol–water partition coefficient (Wildman–Crippen LogP) is 3.18. The van der Waals surface area contributed by atoms with Crippen LogP contribution in [0.3, 0.4) is 0 Å². The first-order valence-electron chi connectivity index (χ1n) is 5.64. The zero-order valence-electron chi connectivity index (χ0n) is 9.35. The molecule has 0 aliphatic rings. The van der Waals surface area contributed by atoms with Crippen molar-refractivity contribution in [1.82, 2.24) is 9.97 Å². The molecule has 0 aliphatic carbocycles. The predicted molar refractivity (Wildman–Crippen MR) is 69.9 cm³/mol. The fourth-order valence-corrected chi connectivity index (χ4v) is 1.82. The zero-order chi connectivity index (χ0) is 11.5. The number of pyridine rings is 1. The molecule has 84 valence electrons. The second kappa shape index (κ2) is 4.29. The second-order valence-corrected chi connectivity index (χ2v) is 3.95. The van der Waals surface area contributed by atoms with Crippen molar-refractivity contribution in [3.05, 3.63) is 60.3 Å². The maximum atomic E-state index is 4.48. The first-order chi connectivity index (χ1) is 8.42. The van der Waals surface area contributed by atoms with Gasteiger partial charge in [0.05, 0.1) is 0 Å². The summed E-state index contributed by atoms with van der Waals surface area (Å²) in [7, 11) is 0. The first-order valence-corrected chi connectivity index (χ1v) is 5.64. The van der Waals surface area contributed by atoms with Crippen LogP contribution in [0.25, 0.3) is 11.0 Å². The number of hydrogen-bond donors (Lipinski definition) is 2. The highest BCUT2D eigenvalue weighted by molar-refractivity contribution is 5.77. The van der Waals surface area contributed by atoms with Crippen LogP contribution in [-0.4, -0.2) is 9.97 Å². The molecule has 1 aromatic carbocycles. The smallest absolute Gasteiger partial charge is 0.139 e. The van der Waals surface area contributed by atoms with Gasteiger partial charge in [-0.15, -0.1) is 0 Å². The van der Waals surface area contributed by atoms with Crippen molar-refractivity contribution in [1.29, 1.82) is 0 Å². The van der Waals surface area contributed by atoms with Crippen molar-refractivity contribution in [2.75, 3.05) is 5.32 Å². The van der Waals surface area contributed by atoms with Crippen LogP contribution in [0.4, 0.5) is 5.82 Å². The van der Waals surface area contributed by atoms with Crippen molar-refractivity contribution >= 4 is 16.9 Å². The summed E-state index contributed by atoms with van der Waals surface area (Å²) in [6, 6.07) is 16.4. The van der Waals surface area contributed by atoms with Crippen LogP contribution in [0.15, 0.2) is 54.7 Å². The Balaban J connectivity index is 1.76. The molecule has 0 saturated carbocycles. The Morgan fingerprint density at radius 1 is 1.00 bits per heavy atom. The fraction of sp³-hybridized carbons (Fsp3) is 0.0714. The van der Waals surface area contributed by atoms with Gasteiger partial charge in [0.15, 0.2) is 0 Å². The molecule has 0 radical (unpaired) electrons. The molecule has 3 aromatic rings. The average Bonchev–Trinajstić information content (AvgIpc) is 2.85. The summed E-state index contributed by atoms with van der Waals surface area (Å²) in [4.78, 5) is 7.59. The lowest BCUT2D eigenvalue weighted by Gasteiger charge is -2.05. The van der Waals surface area contributed by atoms with Gasteiger partial charge in [0.25, 0.3) is 0 Å². The average molecular weight is 223 g/mol. The number of benzene rings is 1. The van der Waals surface area contributed by atoms with E-state index in [2.05, 4.69) is 33.5 Å². The van der Waals surface area contributed by atoms with Gasteiger partial charge in [-0.2, -0.15) is 0 Å². The number of aromatic amines is 1. The first kappa shape index (κ1) is 9.90. The molecule has 0 atom stereocenters. The summed E-state index contributed by atoms with van der Waals surface area (Å²) < 4.78 is 0. The summed E-state index contributed by atoms with van der Waals surface area (Å²) in [6.07, 6.45) is 1.90. The minimum absolute atomic E-state index is 0.792. The van der Waals surface area contributed by atoms with Crippen molar-refractivity contribution in [2.24, 2.45) is 0 Å². The molecule has 0 fully saturated rings. The molecule has 2 aromatic heterocycles. The zero-order valence-corrected chi connectivity index (χ0v) is 9.35. The Bertz CT molecular complexity index is 613. The SMILES string of the molecule is c1ccc(CNc2ccc3cc[nH]c3n2)cc1. The van der Waals surface area contributed by atoms with Crippen molar-refractivity contribution in [3.8, 4) is 0 Å². The number of aromatic nitrogens is 2. The van der Waals surface area contributed by atoms with Gasteiger partial charge in [0.1, 0.15) is 11.5 Å². The van der Waals surface area contributed by atoms with E-state index in [4.69, 9.17) is 0 Å². The monoisotopic (exact) mass is 223 g/mol. The number of fused-ring (bicyclic) bond motifs is 1. The van der Waals surface area contributed by atoms with Crippen molar-refractivity contribution < 1.29 is 0 Å². The molecule has 2 heterocycles. The summed E-state index contributed by atoms with van der Waals surface area (Å²) >= 11 is 0. The van der Waals surface area contributed by atoms with Crippen LogP contribution in [-0.2, 0) is 6.54 Å². The Labute approximate surface area is 99.5 Å². The summed E-state index contributed by atoms with van der Waals surface area (Å²) in [6.45, 7) is 0.792. The van der Waals surface area contributed by atoms with Crippen molar-refractivity contribution in [2.45, 2.75) is 6.54 Å².